The number of hydrogen-bond donors (Lipinski definition) is 3. The Morgan fingerprint density at radius 3 is 2.63 bits per heavy atom. The molecule has 7 aromatic rings. The van der Waals surface area contributed by atoms with Crippen molar-refractivity contribution in [1.82, 2.24) is 35.1 Å². The van der Waals surface area contributed by atoms with Crippen molar-refractivity contribution in [2.75, 3.05) is 5.32 Å². The van der Waals surface area contributed by atoms with Crippen LogP contribution < -0.4 is 5.32 Å². The van der Waals surface area contributed by atoms with Crippen LogP contribution in [0, 0.1) is 12.7 Å². The van der Waals surface area contributed by atoms with Crippen molar-refractivity contribution in [3.8, 4) is 33.9 Å². The van der Waals surface area contributed by atoms with E-state index in [-0.39, 0.29) is 11.7 Å². The van der Waals surface area contributed by atoms with Gasteiger partial charge < -0.3 is 10.3 Å². The molecule has 41 heavy (non-hydrogen) atoms. The fourth-order valence-corrected chi connectivity index (χ4v) is 4.81. The Morgan fingerprint density at radius 1 is 0.902 bits per heavy atom. The van der Waals surface area contributed by atoms with Gasteiger partial charge in [-0.25, -0.2) is 19.3 Å². The molecule has 0 aliphatic heterocycles. The summed E-state index contributed by atoms with van der Waals surface area (Å²) in [5, 5.41) is 10.4. The number of carbonyl (C=O) groups excluding carboxylic acids is 1. The smallest absolute Gasteiger partial charge is 0.255 e. The quantitative estimate of drug-likeness (QED) is 0.234. The molecule has 10 heteroatoms. The van der Waals surface area contributed by atoms with E-state index in [9.17, 15) is 9.18 Å². The summed E-state index contributed by atoms with van der Waals surface area (Å²) < 4.78 is 14.2. The van der Waals surface area contributed by atoms with Gasteiger partial charge in [0.1, 0.15) is 16.9 Å². The first-order valence-corrected chi connectivity index (χ1v) is 12.8. The van der Waals surface area contributed by atoms with E-state index in [0.717, 1.165) is 22.2 Å². The molecule has 0 aliphatic carbocycles. The molecule has 2 aromatic carbocycles. The minimum atomic E-state index is -0.311. The Kier molecular flexibility index (Phi) is 5.78. The number of fused-ring (bicyclic) bond motifs is 2. The van der Waals surface area contributed by atoms with Crippen LogP contribution in [0.3, 0.4) is 0 Å². The van der Waals surface area contributed by atoms with Crippen molar-refractivity contribution in [1.29, 1.82) is 0 Å². The number of pyridine rings is 3. The number of anilines is 1. The molecule has 0 unspecified atom stereocenters. The lowest BCUT2D eigenvalue weighted by molar-refractivity contribution is 0.102. The highest BCUT2D eigenvalue weighted by Crippen LogP contribution is 2.32. The van der Waals surface area contributed by atoms with Gasteiger partial charge in [-0.1, -0.05) is 24.3 Å². The van der Waals surface area contributed by atoms with Crippen molar-refractivity contribution in [2.24, 2.45) is 0 Å². The topological polar surface area (TPSA) is 125 Å². The average molecular weight is 541 g/mol. The molecule has 9 nitrogen and oxygen atoms in total. The molecule has 0 aliphatic rings. The lowest BCUT2D eigenvalue weighted by atomic mass is 10.0. The van der Waals surface area contributed by atoms with Crippen molar-refractivity contribution in [3.63, 3.8) is 0 Å². The predicted octanol–water partition coefficient (Wildman–Crippen LogP) is 6.33. The van der Waals surface area contributed by atoms with Gasteiger partial charge in [0.25, 0.3) is 5.91 Å². The van der Waals surface area contributed by atoms with Gasteiger partial charge in [-0.05, 0) is 66.6 Å². The van der Waals surface area contributed by atoms with Crippen LogP contribution in [0.1, 0.15) is 15.9 Å². The molecule has 7 rings (SSSR count). The van der Waals surface area contributed by atoms with Gasteiger partial charge in [-0.2, -0.15) is 5.10 Å². The molecular weight excluding hydrogens is 519 g/mol. The highest BCUT2D eigenvalue weighted by atomic mass is 19.1. The van der Waals surface area contributed by atoms with E-state index in [1.807, 2.05) is 55.5 Å². The molecule has 0 saturated carbocycles. The number of H-pyrrole nitrogens is 2. The third-order valence-corrected chi connectivity index (χ3v) is 6.70. The van der Waals surface area contributed by atoms with E-state index in [2.05, 4.69) is 30.5 Å². The number of aryl methyl sites for hydroxylation is 1. The first-order valence-electron chi connectivity index (χ1n) is 12.8. The summed E-state index contributed by atoms with van der Waals surface area (Å²) in [5.41, 5.74) is 7.75. The zero-order valence-electron chi connectivity index (χ0n) is 21.7. The number of nitrogens with zero attached hydrogens (tertiary/aromatic N) is 5. The number of rotatable bonds is 5. The molecule has 0 atom stereocenters. The summed E-state index contributed by atoms with van der Waals surface area (Å²) >= 11 is 0. The van der Waals surface area contributed by atoms with E-state index in [4.69, 9.17) is 9.97 Å². The van der Waals surface area contributed by atoms with Crippen molar-refractivity contribution >= 4 is 33.8 Å². The number of carbonyl (C=O) groups is 1. The molecule has 0 radical (unpaired) electrons. The molecule has 0 fully saturated rings. The van der Waals surface area contributed by atoms with Gasteiger partial charge in [-0.3, -0.25) is 14.9 Å². The van der Waals surface area contributed by atoms with Crippen LogP contribution in [0.15, 0.2) is 91.4 Å². The maximum atomic E-state index is 14.2. The second-order valence-electron chi connectivity index (χ2n) is 9.61. The lowest BCUT2D eigenvalue weighted by Crippen LogP contribution is -2.11. The lowest BCUT2D eigenvalue weighted by Gasteiger charge is -2.07. The molecule has 0 spiro atoms. The van der Waals surface area contributed by atoms with E-state index >= 15 is 0 Å². The Labute approximate surface area is 232 Å². The number of imidazole rings is 1. The van der Waals surface area contributed by atoms with Crippen LogP contribution >= 0.6 is 0 Å². The van der Waals surface area contributed by atoms with Gasteiger partial charge in [-0.15, -0.1) is 0 Å². The zero-order chi connectivity index (χ0) is 27.9. The summed E-state index contributed by atoms with van der Waals surface area (Å²) in [6.07, 6.45) is 4.94. The second-order valence-corrected chi connectivity index (χ2v) is 9.61. The Hall–Kier alpha value is -5.77. The van der Waals surface area contributed by atoms with Crippen LogP contribution in [0.5, 0.6) is 0 Å². The van der Waals surface area contributed by atoms with Crippen molar-refractivity contribution in [3.05, 3.63) is 108 Å². The molecule has 3 N–H and O–H groups in total. The zero-order valence-corrected chi connectivity index (χ0v) is 21.7. The standard InChI is InChI=1S/C31H21FN8O/c1-17-11-19(13-21(32)12-17)23-9-10-34-29-26(23)37-30(38-29)28-27-25(39-40-28)8-7-24(36-27)20-14-22(16-33-15-20)35-31(41)18-5-3-2-4-6-18/h2-16H,1H3,(H,35,41)(H,39,40)(H,34,37,38). The fraction of sp³-hybridized carbons (Fsp3) is 0.0323. The normalized spacial score (nSPS) is 11.3. The SMILES string of the molecule is Cc1cc(F)cc(-c2ccnc3[nH]c(-c4n[nH]c5ccc(-c6cncc(NC(=O)c7ccccc7)c6)nc45)nc23)c1. The number of hydrogen-bond acceptors (Lipinski definition) is 6. The summed E-state index contributed by atoms with van der Waals surface area (Å²) in [5.74, 6) is -0.0590. The number of amides is 1. The third kappa shape index (κ3) is 4.57. The summed E-state index contributed by atoms with van der Waals surface area (Å²) in [7, 11) is 0. The highest BCUT2D eigenvalue weighted by Gasteiger charge is 2.18. The van der Waals surface area contributed by atoms with Gasteiger partial charge >= 0.3 is 0 Å². The van der Waals surface area contributed by atoms with Crippen LogP contribution in [0.25, 0.3) is 56.1 Å². The fourth-order valence-electron chi connectivity index (χ4n) is 4.81. The van der Waals surface area contributed by atoms with Gasteiger partial charge in [0.05, 0.1) is 23.1 Å². The average Bonchev–Trinajstić information content (AvgIpc) is 3.61. The molecule has 5 aromatic heterocycles. The largest absolute Gasteiger partial charge is 0.321 e. The van der Waals surface area contributed by atoms with E-state index in [1.54, 1.807) is 30.7 Å². The maximum Gasteiger partial charge on any atom is 0.255 e. The van der Waals surface area contributed by atoms with Crippen molar-refractivity contribution < 1.29 is 9.18 Å². The molecular formula is C31H21FN8O. The maximum absolute atomic E-state index is 14.2. The Bertz CT molecular complexity index is 2060. The Morgan fingerprint density at radius 2 is 1.78 bits per heavy atom. The van der Waals surface area contributed by atoms with Crippen LogP contribution in [0.2, 0.25) is 0 Å². The number of benzene rings is 2. The Balaban J connectivity index is 1.25. The summed E-state index contributed by atoms with van der Waals surface area (Å²) in [6.45, 7) is 1.85. The van der Waals surface area contributed by atoms with Crippen LogP contribution in [0.4, 0.5) is 10.1 Å². The number of aromatic nitrogens is 7. The van der Waals surface area contributed by atoms with Crippen LogP contribution in [-0.2, 0) is 0 Å². The summed E-state index contributed by atoms with van der Waals surface area (Å²) in [6, 6.07) is 21.2. The molecule has 198 valence electrons. The first kappa shape index (κ1) is 24.3. The van der Waals surface area contributed by atoms with Gasteiger partial charge in [0.15, 0.2) is 17.2 Å². The minimum absolute atomic E-state index is 0.226. The molecule has 0 saturated heterocycles. The van der Waals surface area contributed by atoms with Gasteiger partial charge in [0.2, 0.25) is 0 Å². The molecule has 5 heterocycles. The third-order valence-electron chi connectivity index (χ3n) is 6.70. The molecule has 0 bridgehead atoms. The van der Waals surface area contributed by atoms with Gasteiger partial charge in [0, 0.05) is 29.1 Å². The second kappa shape index (κ2) is 9.76. The first-order chi connectivity index (χ1) is 20.0. The summed E-state index contributed by atoms with van der Waals surface area (Å²) in [4.78, 5) is 34.2. The molecule has 1 amide bonds. The predicted molar refractivity (Wildman–Crippen MR) is 155 cm³/mol. The number of nitrogens with one attached hydrogen (secondary N) is 3. The van der Waals surface area contributed by atoms with E-state index in [0.29, 0.717) is 50.7 Å². The number of halogens is 1. The van der Waals surface area contributed by atoms with Crippen molar-refractivity contribution in [2.45, 2.75) is 6.92 Å². The minimum Gasteiger partial charge on any atom is -0.321 e. The highest BCUT2D eigenvalue weighted by molar-refractivity contribution is 6.04. The van der Waals surface area contributed by atoms with E-state index < -0.39 is 0 Å². The van der Waals surface area contributed by atoms with Crippen LogP contribution in [-0.4, -0.2) is 41.0 Å². The monoisotopic (exact) mass is 540 g/mol. The number of aromatic amines is 2. The van der Waals surface area contributed by atoms with E-state index in [1.165, 1.54) is 12.1 Å².